The summed E-state index contributed by atoms with van der Waals surface area (Å²) in [5.41, 5.74) is 4.56. The zero-order chi connectivity index (χ0) is 101. The molecule has 0 bridgehead atoms. The molecule has 0 radical (unpaired) electrons. The summed E-state index contributed by atoms with van der Waals surface area (Å²) in [5, 5.41) is 141. The fraction of sp³-hybridized carbons (Fsp3) is 0.558. The van der Waals surface area contributed by atoms with Crippen LogP contribution < -0.4 is 21.3 Å². The van der Waals surface area contributed by atoms with Gasteiger partial charge >= 0.3 is 23.9 Å². The molecule has 0 aliphatic carbocycles. The number of Topliss-reactive ketones (excluding diaryl/α,β-unsaturated/α-hetero) is 4. The average molecular weight is 1930 g/mol. The monoisotopic (exact) mass is 1920 g/mol. The Kier molecular flexibility index (Phi) is 42.2. The number of phenolic OH excluding ortho intramolecular Hbond substituents is 4. The third kappa shape index (κ3) is 31.7. The number of benzene rings is 4. The van der Waals surface area contributed by atoms with Crippen LogP contribution in [0.4, 0.5) is 0 Å². The van der Waals surface area contributed by atoms with Crippen molar-refractivity contribution in [2.75, 3.05) is 157 Å². The summed E-state index contributed by atoms with van der Waals surface area (Å²) in [7, 11) is 0. The Morgan fingerprint density at radius 1 is 0.406 bits per heavy atom. The number of carboxylic acid groups (broad SMARTS) is 4. The highest BCUT2D eigenvalue weighted by molar-refractivity contribution is 5.96. The number of hydrogen-bond donors (Lipinski definition) is 15. The number of aliphatic hydroxyl groups is 3. The highest BCUT2D eigenvalue weighted by Crippen LogP contribution is 2.41. The van der Waals surface area contributed by atoms with Crippen LogP contribution in [-0.4, -0.2) is 383 Å². The van der Waals surface area contributed by atoms with Gasteiger partial charge in [0.25, 0.3) is 11.8 Å². The van der Waals surface area contributed by atoms with Gasteiger partial charge in [0.05, 0.1) is 56.5 Å². The van der Waals surface area contributed by atoms with Crippen LogP contribution in [0.2, 0.25) is 0 Å². The van der Waals surface area contributed by atoms with Gasteiger partial charge in [-0.15, -0.1) is 20.4 Å². The van der Waals surface area contributed by atoms with Gasteiger partial charge in [0.15, 0.2) is 23.2 Å². The lowest BCUT2D eigenvalue weighted by Gasteiger charge is -2.36. The van der Waals surface area contributed by atoms with Gasteiger partial charge in [-0.2, -0.15) is 0 Å². The summed E-state index contributed by atoms with van der Waals surface area (Å²) in [6, 6.07) is 16.0. The molecule has 138 heavy (non-hydrogen) atoms. The number of phenols is 4. The number of carboxylic acids is 4. The molecule has 3 saturated heterocycles. The summed E-state index contributed by atoms with van der Waals surface area (Å²) in [6.45, 7) is 12.1. The molecule has 5 atom stereocenters. The Morgan fingerprint density at radius 3 is 1.27 bits per heavy atom. The van der Waals surface area contributed by atoms with Gasteiger partial charge in [0.1, 0.15) is 52.7 Å². The number of aliphatic carboxylic acids is 4. The van der Waals surface area contributed by atoms with Crippen molar-refractivity contribution in [2.45, 2.75) is 174 Å². The number of rotatable bonds is 51. The van der Waals surface area contributed by atoms with Gasteiger partial charge in [-0.3, -0.25) is 106 Å². The molecule has 3 aliphatic rings. The first kappa shape index (κ1) is 109. The maximum Gasteiger partial charge on any atom is 0.320 e. The third-order valence-electron chi connectivity index (χ3n) is 25.0. The number of piperazine rings is 2. The lowest BCUT2D eigenvalue weighted by Crippen LogP contribution is -2.52. The zero-order valence-electron chi connectivity index (χ0n) is 79.1. The Morgan fingerprint density at radius 2 is 0.841 bits per heavy atom. The Hall–Kier alpha value is -12.6. The highest BCUT2D eigenvalue weighted by atomic mass is 16.4. The van der Waals surface area contributed by atoms with Gasteiger partial charge in [0.2, 0.25) is 35.3 Å². The average Bonchev–Trinajstić information content (AvgIpc) is 1.61. The smallest absolute Gasteiger partial charge is 0.320 e. The van der Waals surface area contributed by atoms with Crippen LogP contribution in [-0.2, 0) is 70.6 Å². The number of carbonyl (C=O) groups is 14. The Labute approximate surface area is 799 Å². The van der Waals surface area contributed by atoms with Crippen molar-refractivity contribution in [3.8, 4) is 57.1 Å². The number of aromatic hydroxyl groups is 4. The normalized spacial score (nSPS) is 15.9. The Bertz CT molecular complexity index is 5170. The van der Waals surface area contributed by atoms with Crippen molar-refractivity contribution in [3.05, 3.63) is 107 Å². The molecular formula is C95H132N18O25. The maximum absolute atomic E-state index is 14.8. The van der Waals surface area contributed by atoms with Crippen LogP contribution in [0.5, 0.6) is 23.0 Å². The second-order valence-electron chi connectivity index (χ2n) is 35.8. The van der Waals surface area contributed by atoms with Gasteiger partial charge in [0, 0.05) is 212 Å². The topological polar surface area (TPSA) is 597 Å². The van der Waals surface area contributed by atoms with E-state index in [1.54, 1.807) is 44.9 Å². The van der Waals surface area contributed by atoms with E-state index in [2.05, 4.69) is 51.5 Å². The minimum atomic E-state index is -1.66. The molecule has 15 N–H and O–H groups in total. The molecule has 43 heteroatoms. The second-order valence-corrected chi connectivity index (χ2v) is 35.8. The minimum Gasteiger partial charge on any atom is -0.508 e. The van der Waals surface area contributed by atoms with Crippen LogP contribution in [0.25, 0.3) is 34.2 Å². The number of nitrogens with one attached hydrogen (secondary N) is 4. The highest BCUT2D eigenvalue weighted by Gasteiger charge is 2.37. The van der Waals surface area contributed by atoms with Gasteiger partial charge in [-0.25, -0.2) is 0 Å². The number of aliphatic hydroxyl groups excluding tert-OH is 3. The van der Waals surface area contributed by atoms with Crippen molar-refractivity contribution >= 4 is 82.5 Å². The molecule has 0 saturated carbocycles. The predicted molar refractivity (Wildman–Crippen MR) is 500 cm³/mol. The molecule has 6 amide bonds. The van der Waals surface area contributed by atoms with Crippen LogP contribution in [0.3, 0.4) is 0 Å². The van der Waals surface area contributed by atoms with Gasteiger partial charge < -0.3 is 87.2 Å². The van der Waals surface area contributed by atoms with E-state index < -0.39 is 148 Å². The fourth-order valence-corrected chi connectivity index (χ4v) is 17.2. The lowest BCUT2D eigenvalue weighted by atomic mass is 9.92. The number of carbonyl (C=O) groups excluding carboxylic acids is 10. The van der Waals surface area contributed by atoms with E-state index in [0.717, 1.165) is 11.1 Å². The lowest BCUT2D eigenvalue weighted by molar-refractivity contribution is -0.145. The molecule has 0 unspecified atom stereocenters. The van der Waals surface area contributed by atoms with E-state index in [9.17, 15) is 123 Å². The first-order valence-electron chi connectivity index (χ1n) is 47.0. The molecule has 9 rings (SSSR count). The summed E-state index contributed by atoms with van der Waals surface area (Å²) in [4.78, 5) is 199. The fourth-order valence-electron chi connectivity index (χ4n) is 17.2. The largest absolute Gasteiger partial charge is 0.508 e. The first-order chi connectivity index (χ1) is 65.9. The zero-order valence-corrected chi connectivity index (χ0v) is 79.1. The molecule has 0 spiro atoms. The second kappa shape index (κ2) is 53.4. The number of unbranched alkanes of at least 4 members (excludes halogenated alkanes) is 2. The minimum absolute atomic E-state index is 0.00764. The van der Waals surface area contributed by atoms with Crippen molar-refractivity contribution in [1.82, 2.24) is 90.0 Å². The van der Waals surface area contributed by atoms with Crippen LogP contribution in [0, 0.1) is 11.8 Å². The Balaban J connectivity index is 0.764. The van der Waals surface area contributed by atoms with E-state index in [1.165, 1.54) is 31.7 Å². The number of hydrogen-bond acceptors (Lipinski definition) is 31. The van der Waals surface area contributed by atoms with E-state index in [1.807, 2.05) is 76.2 Å². The van der Waals surface area contributed by atoms with Crippen LogP contribution in [0.1, 0.15) is 187 Å². The molecule has 3 aliphatic heterocycles. The summed E-state index contributed by atoms with van der Waals surface area (Å²) in [5.74, 6) is -13.3. The van der Waals surface area contributed by atoms with Crippen LogP contribution >= 0.6 is 0 Å². The number of aromatic nitrogens is 6. The van der Waals surface area contributed by atoms with Gasteiger partial charge in [-0.1, -0.05) is 64.8 Å². The molecule has 752 valence electrons. The predicted octanol–water partition coefficient (Wildman–Crippen LogP) is 2.58. The summed E-state index contributed by atoms with van der Waals surface area (Å²) >= 11 is 0. The number of nitrogens with zero attached hydrogens (tertiary/aromatic N) is 14. The molecule has 5 heterocycles. The maximum atomic E-state index is 14.8. The molecule has 6 aromatic rings. The van der Waals surface area contributed by atoms with Gasteiger partial charge in [-0.05, 0) is 110 Å². The standard InChI is InChI=1S/C95H132N18O25/c1-7-96-92(134)89-102-100-87(71-47-69(59(3)4)77(120)49-79(71)122)112(89)65-21-17-61(18-22-65)51-104-35-41-110(42-36-104)83(126)28-25-68(118)45-63(94(136)111-43-37-105(38-44-111)52-62-19-23-66(24-20-62)113-88(101-103-90(113)93(135)97-8-2)72-48-70(60(5)6)78(121)50-80(72)123)13-10-9-11-14-67(117)15-12-16-76(119)73(57-115)99-91(133)64(56-114)46-81(124)74(58-116)98-82(125)27-26-75(95(137)138)109-39-33-107(54-85(129)130)31-29-106(53-84(127)128)30-32-108(34-40-109)55-86(131)132/h17-24,47-50,59-60,63-64,73-75,114-116,120-123H,7-16,25-46,51-58H2,1-6H3,(H,96,134)(H,97,135)(H,98,125)(H,99,133)(H,127,128)(H,129,130)(H,131,132)(H,137,138)/t63-,64+,73+,74+,75-/m1/s1. The number of amides is 6. The molecule has 2 aromatic heterocycles. The van der Waals surface area contributed by atoms with E-state index >= 15 is 0 Å². The van der Waals surface area contributed by atoms with E-state index in [-0.39, 0.29) is 190 Å². The SMILES string of the molecule is CCNC(=O)c1nnc(-c2cc(C(C)C)c(O)cc2O)n1-c1ccc(CN2CCN(C(=O)CCC(=O)C[C@@H](CCCCCC(=O)CCCC(=O)[C@H](CO)NC(=O)[C@H](CO)CC(=O)[C@H](CO)NC(=O)CC[C@H](C(=O)O)N3CCN(CC(=O)O)CCN(CC(=O)O)CCN(CC(=O)O)CC3)C(=O)N3CCN(Cc4ccc(-n5c(C(=O)NCC)nnc5-c5cc(C(C)C)c(O)cc5O)cc4)CC3)CC2)cc1. The molecular weight excluding hydrogens is 1790 g/mol. The first-order valence-corrected chi connectivity index (χ1v) is 47.0. The molecule has 43 nitrogen and oxygen atoms in total. The van der Waals surface area contributed by atoms with Crippen molar-refractivity contribution in [1.29, 1.82) is 0 Å². The third-order valence-corrected chi connectivity index (χ3v) is 25.0. The number of ketones is 4. The molecule has 4 aromatic carbocycles. The summed E-state index contributed by atoms with van der Waals surface area (Å²) < 4.78 is 3.10. The van der Waals surface area contributed by atoms with Crippen molar-refractivity contribution < 1.29 is 123 Å². The van der Waals surface area contributed by atoms with E-state index in [4.69, 9.17) is 0 Å². The summed E-state index contributed by atoms with van der Waals surface area (Å²) in [6.07, 6.45) is -0.619. The van der Waals surface area contributed by atoms with Crippen LogP contribution in [0.15, 0.2) is 72.8 Å². The van der Waals surface area contributed by atoms with E-state index in [0.29, 0.717) is 127 Å². The van der Waals surface area contributed by atoms with Crippen molar-refractivity contribution in [3.63, 3.8) is 0 Å². The molecule has 3 fully saturated rings. The van der Waals surface area contributed by atoms with Crippen molar-refractivity contribution in [2.24, 2.45) is 11.8 Å². The quantitative estimate of drug-likeness (QED) is 0.0244.